The fraction of sp³-hybridized carbons (Fsp3) is 0.444. The number of nitrogens with zero attached hydrogens (tertiary/aromatic N) is 1. The Hall–Kier alpha value is -1.66. The molecule has 6 heteroatoms. The summed E-state index contributed by atoms with van der Waals surface area (Å²) in [6.07, 6.45) is 9.36. The van der Waals surface area contributed by atoms with Gasteiger partial charge in [-0.05, 0) is 31.0 Å². The summed E-state index contributed by atoms with van der Waals surface area (Å²) in [5.74, 6) is 0.553. The molecule has 130 valence electrons. The lowest BCUT2D eigenvalue weighted by atomic mass is 9.95. The Morgan fingerprint density at radius 3 is 2.92 bits per heavy atom. The first-order valence-electron chi connectivity index (χ1n) is 8.27. The second kappa shape index (κ2) is 10.3. The van der Waals surface area contributed by atoms with E-state index in [2.05, 4.69) is 38.4 Å². The van der Waals surface area contributed by atoms with Crippen LogP contribution in [0.25, 0.3) is 0 Å². The molecule has 0 heterocycles. The first kappa shape index (κ1) is 18.7. The number of carbonyl (C=O) groups excluding carboxylic acids is 1. The van der Waals surface area contributed by atoms with Crippen molar-refractivity contribution in [2.75, 3.05) is 13.2 Å². The van der Waals surface area contributed by atoms with Crippen molar-refractivity contribution in [3.8, 4) is 5.75 Å². The van der Waals surface area contributed by atoms with Gasteiger partial charge in [0.15, 0.2) is 0 Å². The number of hydrazone groups is 1. The van der Waals surface area contributed by atoms with E-state index < -0.39 is 0 Å². The zero-order chi connectivity index (χ0) is 17.2. The van der Waals surface area contributed by atoms with E-state index in [0.717, 1.165) is 22.9 Å². The van der Waals surface area contributed by atoms with Gasteiger partial charge in [-0.3, -0.25) is 4.79 Å². The summed E-state index contributed by atoms with van der Waals surface area (Å²) < 4.78 is 6.49. The Kier molecular flexibility index (Phi) is 7.98. The molecule has 1 aliphatic carbocycles. The number of carbonyl (C=O) groups is 1. The summed E-state index contributed by atoms with van der Waals surface area (Å²) in [6.45, 7) is 4.34. The van der Waals surface area contributed by atoms with Crippen LogP contribution in [-0.2, 0) is 4.79 Å². The zero-order valence-electron chi connectivity index (χ0n) is 13.8. The van der Waals surface area contributed by atoms with Crippen molar-refractivity contribution < 1.29 is 9.53 Å². The first-order valence-corrected chi connectivity index (χ1v) is 9.07. The van der Waals surface area contributed by atoms with E-state index in [1.807, 2.05) is 18.2 Å². The van der Waals surface area contributed by atoms with E-state index in [-0.39, 0.29) is 5.91 Å². The number of halogens is 1. The maximum absolute atomic E-state index is 11.9. The number of hydrogen-bond acceptors (Lipinski definition) is 4. The molecule has 2 rings (SSSR count). The third-order valence-electron chi connectivity index (χ3n) is 3.88. The molecule has 1 saturated carbocycles. The second-order valence-electron chi connectivity index (χ2n) is 5.79. The Balaban J connectivity index is 1.82. The highest BCUT2D eigenvalue weighted by molar-refractivity contribution is 9.10. The molecule has 0 bridgehead atoms. The van der Waals surface area contributed by atoms with Crippen molar-refractivity contribution in [3.05, 3.63) is 40.9 Å². The summed E-state index contributed by atoms with van der Waals surface area (Å²) in [5.41, 5.74) is 3.33. The number of amides is 1. The standard InChI is InChI=1S/C18H24BrN3O2/c1-2-10-24-17-9-8-15(19)11-14(17)12-21-22-18(23)13-20-16-6-4-3-5-7-16/h2,8-9,11-12,16,20H,1,3-7,10,13H2,(H,22,23)/b21-12-. The molecule has 1 amide bonds. The molecule has 0 atom stereocenters. The van der Waals surface area contributed by atoms with Crippen LogP contribution in [0.2, 0.25) is 0 Å². The van der Waals surface area contributed by atoms with Crippen molar-refractivity contribution in [3.63, 3.8) is 0 Å². The van der Waals surface area contributed by atoms with Crippen LogP contribution in [0, 0.1) is 0 Å². The fourth-order valence-corrected chi connectivity index (χ4v) is 3.04. The van der Waals surface area contributed by atoms with Crippen LogP contribution < -0.4 is 15.5 Å². The number of hydrogen-bond donors (Lipinski definition) is 2. The number of benzene rings is 1. The first-order chi connectivity index (χ1) is 11.7. The van der Waals surface area contributed by atoms with Gasteiger partial charge in [-0.2, -0.15) is 5.10 Å². The van der Waals surface area contributed by atoms with E-state index in [1.165, 1.54) is 19.3 Å². The maximum Gasteiger partial charge on any atom is 0.254 e. The summed E-state index contributed by atoms with van der Waals surface area (Å²) in [4.78, 5) is 11.9. The highest BCUT2D eigenvalue weighted by Gasteiger charge is 2.13. The van der Waals surface area contributed by atoms with Crippen molar-refractivity contribution in [2.24, 2.45) is 5.10 Å². The van der Waals surface area contributed by atoms with Crippen LogP contribution in [-0.4, -0.2) is 31.3 Å². The number of nitrogens with one attached hydrogen (secondary N) is 2. The van der Waals surface area contributed by atoms with Crippen LogP contribution in [0.5, 0.6) is 5.75 Å². The van der Waals surface area contributed by atoms with Gasteiger partial charge in [0.25, 0.3) is 5.91 Å². The minimum absolute atomic E-state index is 0.139. The van der Waals surface area contributed by atoms with Crippen molar-refractivity contribution in [1.82, 2.24) is 10.7 Å². The van der Waals surface area contributed by atoms with Gasteiger partial charge in [-0.25, -0.2) is 5.43 Å². The van der Waals surface area contributed by atoms with Gasteiger partial charge < -0.3 is 10.1 Å². The quantitative estimate of drug-likeness (QED) is 0.404. The van der Waals surface area contributed by atoms with Crippen LogP contribution in [0.1, 0.15) is 37.7 Å². The van der Waals surface area contributed by atoms with E-state index in [4.69, 9.17) is 4.74 Å². The average Bonchev–Trinajstić information content (AvgIpc) is 2.60. The Bertz CT molecular complexity index is 584. The molecule has 0 aromatic heterocycles. The van der Waals surface area contributed by atoms with Gasteiger partial charge in [-0.15, -0.1) is 0 Å². The Morgan fingerprint density at radius 2 is 2.17 bits per heavy atom. The molecule has 24 heavy (non-hydrogen) atoms. The Morgan fingerprint density at radius 1 is 1.38 bits per heavy atom. The van der Waals surface area contributed by atoms with E-state index in [1.54, 1.807) is 12.3 Å². The topological polar surface area (TPSA) is 62.7 Å². The van der Waals surface area contributed by atoms with Crippen LogP contribution in [0.4, 0.5) is 0 Å². The minimum Gasteiger partial charge on any atom is -0.489 e. The molecule has 1 fully saturated rings. The van der Waals surface area contributed by atoms with Gasteiger partial charge in [0.05, 0.1) is 12.8 Å². The van der Waals surface area contributed by atoms with Gasteiger partial charge in [0.1, 0.15) is 12.4 Å². The number of rotatable bonds is 8. The highest BCUT2D eigenvalue weighted by atomic mass is 79.9. The van der Waals surface area contributed by atoms with Gasteiger partial charge in [0, 0.05) is 16.1 Å². The molecule has 2 N–H and O–H groups in total. The van der Waals surface area contributed by atoms with Crippen molar-refractivity contribution in [1.29, 1.82) is 0 Å². The molecule has 0 aliphatic heterocycles. The molecular weight excluding hydrogens is 370 g/mol. The predicted molar refractivity (Wildman–Crippen MR) is 100 cm³/mol. The van der Waals surface area contributed by atoms with Gasteiger partial charge >= 0.3 is 0 Å². The van der Waals surface area contributed by atoms with E-state index >= 15 is 0 Å². The van der Waals surface area contributed by atoms with Gasteiger partial charge in [0.2, 0.25) is 0 Å². The van der Waals surface area contributed by atoms with Crippen LogP contribution >= 0.6 is 15.9 Å². The molecule has 1 aromatic rings. The smallest absolute Gasteiger partial charge is 0.254 e. The Labute approximate surface area is 151 Å². The van der Waals surface area contributed by atoms with Crippen molar-refractivity contribution >= 4 is 28.1 Å². The summed E-state index contributed by atoms with van der Waals surface area (Å²) in [6, 6.07) is 6.08. The molecule has 0 saturated heterocycles. The molecule has 1 aromatic carbocycles. The SMILES string of the molecule is C=CCOc1ccc(Br)cc1/C=N\NC(=O)CNC1CCCCC1. The summed E-state index contributed by atoms with van der Waals surface area (Å²) in [7, 11) is 0. The molecule has 0 unspecified atom stereocenters. The monoisotopic (exact) mass is 393 g/mol. The third kappa shape index (κ3) is 6.45. The minimum atomic E-state index is -0.139. The lowest BCUT2D eigenvalue weighted by Crippen LogP contribution is -2.38. The maximum atomic E-state index is 11.9. The molecule has 1 aliphatic rings. The number of ether oxygens (including phenoxy) is 1. The van der Waals surface area contributed by atoms with Crippen LogP contribution in [0.3, 0.4) is 0 Å². The molecule has 5 nitrogen and oxygen atoms in total. The zero-order valence-corrected chi connectivity index (χ0v) is 15.3. The normalized spacial score (nSPS) is 15.4. The van der Waals surface area contributed by atoms with Crippen molar-refractivity contribution in [2.45, 2.75) is 38.1 Å². The largest absolute Gasteiger partial charge is 0.489 e. The lowest BCUT2D eigenvalue weighted by Gasteiger charge is -2.22. The van der Waals surface area contributed by atoms with E-state index in [0.29, 0.717) is 24.9 Å². The lowest BCUT2D eigenvalue weighted by molar-refractivity contribution is -0.120. The third-order valence-corrected chi connectivity index (χ3v) is 4.37. The average molecular weight is 394 g/mol. The van der Waals surface area contributed by atoms with Gasteiger partial charge in [-0.1, -0.05) is 47.8 Å². The summed E-state index contributed by atoms with van der Waals surface area (Å²) >= 11 is 3.42. The second-order valence-corrected chi connectivity index (χ2v) is 6.71. The molecule has 0 spiro atoms. The van der Waals surface area contributed by atoms with Crippen LogP contribution in [0.15, 0.2) is 40.4 Å². The molecule has 0 radical (unpaired) electrons. The van der Waals surface area contributed by atoms with E-state index in [9.17, 15) is 4.79 Å². The predicted octanol–water partition coefficient (Wildman–Crippen LogP) is 3.39. The fourth-order valence-electron chi connectivity index (χ4n) is 2.66. The summed E-state index contributed by atoms with van der Waals surface area (Å²) in [5, 5.41) is 7.31. The molecular formula is C18H24BrN3O2. The highest BCUT2D eigenvalue weighted by Crippen LogP contribution is 2.21.